The number of alkyl halides is 5. The molecule has 142 valence electrons. The number of hydrogen-bond donors (Lipinski definition) is 2. The quantitative estimate of drug-likeness (QED) is 0.458. The van der Waals surface area contributed by atoms with E-state index in [9.17, 15) is 22.0 Å². The SMILES string of the molecule is CCNC(=NCc1nccn1C(F)F)NC1CCN(CC(F)(F)F)C1. The van der Waals surface area contributed by atoms with Crippen molar-refractivity contribution < 1.29 is 22.0 Å². The van der Waals surface area contributed by atoms with Crippen LogP contribution in [0.2, 0.25) is 0 Å². The second-order valence-electron chi connectivity index (χ2n) is 5.70. The van der Waals surface area contributed by atoms with E-state index in [1.807, 2.05) is 6.92 Å². The third kappa shape index (κ3) is 6.15. The molecule has 0 aromatic carbocycles. The first-order valence-corrected chi connectivity index (χ1v) is 7.92. The van der Waals surface area contributed by atoms with Gasteiger partial charge >= 0.3 is 12.7 Å². The van der Waals surface area contributed by atoms with Crippen molar-refractivity contribution in [2.45, 2.75) is 38.7 Å². The first-order valence-electron chi connectivity index (χ1n) is 7.92. The van der Waals surface area contributed by atoms with Crippen LogP contribution in [0.25, 0.3) is 0 Å². The fourth-order valence-electron chi connectivity index (χ4n) is 2.65. The highest BCUT2D eigenvalue weighted by molar-refractivity contribution is 5.80. The number of nitrogens with one attached hydrogen (secondary N) is 2. The first kappa shape index (κ1) is 19.4. The Morgan fingerprint density at radius 1 is 1.44 bits per heavy atom. The molecule has 25 heavy (non-hydrogen) atoms. The third-order valence-corrected chi connectivity index (χ3v) is 3.70. The summed E-state index contributed by atoms with van der Waals surface area (Å²) in [6.07, 6.45) is -1.24. The minimum atomic E-state index is -4.22. The van der Waals surface area contributed by atoms with Gasteiger partial charge in [0.2, 0.25) is 0 Å². The van der Waals surface area contributed by atoms with Crippen molar-refractivity contribution in [3.05, 3.63) is 18.2 Å². The number of rotatable bonds is 6. The van der Waals surface area contributed by atoms with Gasteiger partial charge in [-0.1, -0.05) is 0 Å². The summed E-state index contributed by atoms with van der Waals surface area (Å²) in [5, 5.41) is 6.01. The third-order valence-electron chi connectivity index (χ3n) is 3.70. The molecular weight excluding hydrogens is 347 g/mol. The van der Waals surface area contributed by atoms with Gasteiger partial charge in [0.05, 0.1) is 6.54 Å². The predicted molar refractivity (Wildman–Crippen MR) is 82.3 cm³/mol. The standard InChI is InChI=1S/C14H21F5N6/c1-2-20-13(22-7-11-21-4-6-25(11)12(15)16)23-10-3-5-24(8-10)9-14(17,18)19/h4,6,10,12H,2-3,5,7-9H2,1H3,(H2,20,22,23). The summed E-state index contributed by atoms with van der Waals surface area (Å²) in [5.41, 5.74) is 0. The van der Waals surface area contributed by atoms with Crippen LogP contribution < -0.4 is 10.6 Å². The monoisotopic (exact) mass is 368 g/mol. The average molecular weight is 368 g/mol. The lowest BCUT2D eigenvalue weighted by Crippen LogP contribution is -2.45. The smallest absolute Gasteiger partial charge is 0.357 e. The van der Waals surface area contributed by atoms with Crippen LogP contribution in [0, 0.1) is 0 Å². The summed E-state index contributed by atoms with van der Waals surface area (Å²) in [7, 11) is 0. The van der Waals surface area contributed by atoms with Crippen LogP contribution in [0.5, 0.6) is 0 Å². The van der Waals surface area contributed by atoms with Gasteiger partial charge in [-0.05, 0) is 13.3 Å². The Morgan fingerprint density at radius 3 is 2.84 bits per heavy atom. The molecule has 1 aromatic heterocycles. The Morgan fingerprint density at radius 2 is 2.20 bits per heavy atom. The van der Waals surface area contributed by atoms with Crippen LogP contribution in [0.4, 0.5) is 22.0 Å². The van der Waals surface area contributed by atoms with Crippen molar-refractivity contribution >= 4 is 5.96 Å². The molecule has 0 spiro atoms. The molecule has 11 heteroatoms. The fourth-order valence-corrected chi connectivity index (χ4v) is 2.65. The molecule has 6 nitrogen and oxygen atoms in total. The molecule has 1 fully saturated rings. The van der Waals surface area contributed by atoms with Crippen LogP contribution in [0.3, 0.4) is 0 Å². The number of aliphatic imine (C=N–C) groups is 1. The molecule has 2 rings (SSSR count). The maximum Gasteiger partial charge on any atom is 0.401 e. The number of guanidine groups is 1. The molecule has 0 aliphatic carbocycles. The van der Waals surface area contributed by atoms with Gasteiger partial charge in [-0.2, -0.15) is 22.0 Å². The van der Waals surface area contributed by atoms with Gasteiger partial charge in [0.25, 0.3) is 0 Å². The summed E-state index contributed by atoms with van der Waals surface area (Å²) in [6, 6.07) is -0.185. The van der Waals surface area contributed by atoms with E-state index >= 15 is 0 Å². The number of nitrogens with zero attached hydrogens (tertiary/aromatic N) is 4. The molecule has 1 aliphatic rings. The zero-order valence-electron chi connectivity index (χ0n) is 13.7. The van der Waals surface area contributed by atoms with E-state index in [2.05, 4.69) is 20.6 Å². The minimum Gasteiger partial charge on any atom is -0.357 e. The molecule has 0 radical (unpaired) electrons. The van der Waals surface area contributed by atoms with Gasteiger partial charge in [-0.15, -0.1) is 0 Å². The molecule has 1 atom stereocenters. The Hall–Kier alpha value is -1.91. The summed E-state index contributed by atoms with van der Waals surface area (Å²) in [6.45, 7) is -0.747. The van der Waals surface area contributed by atoms with E-state index in [-0.39, 0.29) is 25.0 Å². The van der Waals surface area contributed by atoms with E-state index in [0.717, 1.165) is 0 Å². The Labute approximate surface area is 142 Å². The fraction of sp³-hybridized carbons (Fsp3) is 0.714. The zero-order chi connectivity index (χ0) is 18.4. The maximum absolute atomic E-state index is 12.8. The molecule has 1 aromatic rings. The number of hydrogen-bond acceptors (Lipinski definition) is 3. The zero-order valence-corrected chi connectivity index (χ0v) is 13.7. The van der Waals surface area contributed by atoms with Crippen LogP contribution in [-0.2, 0) is 6.54 Å². The molecule has 0 amide bonds. The lowest BCUT2D eigenvalue weighted by Gasteiger charge is -2.19. The van der Waals surface area contributed by atoms with Crippen LogP contribution in [0.1, 0.15) is 25.7 Å². The van der Waals surface area contributed by atoms with Gasteiger partial charge in [-0.3, -0.25) is 9.47 Å². The maximum atomic E-state index is 12.8. The van der Waals surface area contributed by atoms with Crippen LogP contribution in [0.15, 0.2) is 17.4 Å². The normalized spacial score (nSPS) is 19.6. The van der Waals surface area contributed by atoms with Crippen LogP contribution in [-0.4, -0.2) is 58.8 Å². The van der Waals surface area contributed by atoms with Gasteiger partial charge in [0.1, 0.15) is 12.4 Å². The highest BCUT2D eigenvalue weighted by Gasteiger charge is 2.34. The first-order chi connectivity index (χ1) is 11.8. The van der Waals surface area contributed by atoms with E-state index in [0.29, 0.717) is 30.0 Å². The van der Waals surface area contributed by atoms with Gasteiger partial charge in [0, 0.05) is 38.1 Å². The van der Waals surface area contributed by atoms with E-state index in [1.54, 1.807) is 0 Å². The van der Waals surface area contributed by atoms with Crippen molar-refractivity contribution in [2.75, 3.05) is 26.2 Å². The molecular formula is C14H21F5N6. The summed E-state index contributed by atoms with van der Waals surface area (Å²) < 4.78 is 63.6. The minimum absolute atomic E-state index is 0.0638. The topological polar surface area (TPSA) is 57.5 Å². The van der Waals surface area contributed by atoms with Crippen molar-refractivity contribution in [1.82, 2.24) is 25.1 Å². The average Bonchev–Trinajstić information content (AvgIpc) is 3.12. The highest BCUT2D eigenvalue weighted by atomic mass is 19.4. The van der Waals surface area contributed by atoms with Gasteiger partial charge in [-0.25, -0.2) is 9.98 Å². The molecule has 0 saturated carbocycles. The molecule has 1 unspecified atom stereocenters. The Balaban J connectivity index is 1.93. The predicted octanol–water partition coefficient (Wildman–Crippen LogP) is 1.97. The number of likely N-dealkylation sites (tertiary alicyclic amines) is 1. The summed E-state index contributed by atoms with van der Waals surface area (Å²) >= 11 is 0. The largest absolute Gasteiger partial charge is 0.401 e. The molecule has 1 saturated heterocycles. The Bertz CT molecular complexity index is 570. The van der Waals surface area contributed by atoms with E-state index < -0.39 is 19.3 Å². The van der Waals surface area contributed by atoms with Gasteiger partial charge in [0.15, 0.2) is 5.96 Å². The van der Waals surface area contributed by atoms with Crippen molar-refractivity contribution in [3.8, 4) is 0 Å². The molecule has 0 bridgehead atoms. The number of halogens is 5. The second kappa shape index (κ2) is 8.45. The van der Waals surface area contributed by atoms with Crippen molar-refractivity contribution in [2.24, 2.45) is 4.99 Å². The van der Waals surface area contributed by atoms with Crippen molar-refractivity contribution in [3.63, 3.8) is 0 Å². The summed E-state index contributed by atoms with van der Waals surface area (Å²) in [4.78, 5) is 9.36. The lowest BCUT2D eigenvalue weighted by molar-refractivity contribution is -0.143. The lowest BCUT2D eigenvalue weighted by atomic mass is 10.3. The second-order valence-corrected chi connectivity index (χ2v) is 5.70. The van der Waals surface area contributed by atoms with Crippen molar-refractivity contribution in [1.29, 1.82) is 0 Å². The molecule has 2 heterocycles. The molecule has 1 aliphatic heterocycles. The van der Waals surface area contributed by atoms with E-state index in [4.69, 9.17) is 0 Å². The van der Waals surface area contributed by atoms with Crippen LogP contribution >= 0.6 is 0 Å². The summed E-state index contributed by atoms with van der Waals surface area (Å²) in [5.74, 6) is 0.475. The van der Waals surface area contributed by atoms with Gasteiger partial charge < -0.3 is 10.6 Å². The number of aromatic nitrogens is 2. The highest BCUT2D eigenvalue weighted by Crippen LogP contribution is 2.20. The Kier molecular flexibility index (Phi) is 6.57. The molecule has 2 N–H and O–H groups in total. The van der Waals surface area contributed by atoms with E-state index in [1.165, 1.54) is 17.3 Å². The number of imidazole rings is 1.